The second-order valence-electron chi connectivity index (χ2n) is 4.11. The predicted molar refractivity (Wildman–Crippen MR) is 73.0 cm³/mol. The Hall–Kier alpha value is -1.65. The Labute approximate surface area is 114 Å². The van der Waals surface area contributed by atoms with Gasteiger partial charge in [-0.15, -0.1) is 0 Å². The van der Waals surface area contributed by atoms with Gasteiger partial charge >= 0.3 is 0 Å². The molecule has 1 heterocycles. The van der Waals surface area contributed by atoms with E-state index in [1.165, 1.54) is 16.6 Å². The Morgan fingerprint density at radius 3 is 2.63 bits per heavy atom. The van der Waals surface area contributed by atoms with E-state index in [1.807, 2.05) is 6.07 Å². The van der Waals surface area contributed by atoms with Gasteiger partial charge in [0.1, 0.15) is 10.7 Å². The molecule has 104 valence electrons. The van der Waals surface area contributed by atoms with Gasteiger partial charge in [-0.05, 0) is 19.1 Å². The highest BCUT2D eigenvalue weighted by atomic mass is 32.2. The maximum Gasteiger partial charge on any atom is 0.244 e. The monoisotopic (exact) mass is 282 g/mol. The number of nitrogens with zero attached hydrogens (tertiary/aromatic N) is 3. The van der Waals surface area contributed by atoms with Crippen LogP contribution in [0.2, 0.25) is 0 Å². The van der Waals surface area contributed by atoms with Crippen LogP contribution in [-0.2, 0) is 10.0 Å². The average molecular weight is 282 g/mol. The number of nitriles is 1. The standard InChI is InChI=1S/C12H18N4O2S/c1-4-16(9-10(2)7-13)19(17,18)11-5-6-12(14-3)15-8-11/h5-6,8,10H,4,9H2,1-3H3,(H,14,15). The Kier molecular flexibility index (Phi) is 5.27. The first-order valence-electron chi connectivity index (χ1n) is 5.99. The van der Waals surface area contributed by atoms with Gasteiger partial charge in [0.15, 0.2) is 0 Å². The van der Waals surface area contributed by atoms with E-state index in [2.05, 4.69) is 10.3 Å². The topological polar surface area (TPSA) is 86.1 Å². The van der Waals surface area contributed by atoms with Crippen molar-refractivity contribution in [3.05, 3.63) is 18.3 Å². The van der Waals surface area contributed by atoms with Crippen LogP contribution in [0.1, 0.15) is 13.8 Å². The maximum absolute atomic E-state index is 12.4. The molecule has 0 aromatic carbocycles. The molecule has 19 heavy (non-hydrogen) atoms. The molecule has 1 aromatic rings. The molecule has 0 radical (unpaired) electrons. The van der Waals surface area contributed by atoms with Crippen molar-refractivity contribution in [3.8, 4) is 6.07 Å². The van der Waals surface area contributed by atoms with Crippen LogP contribution in [0.5, 0.6) is 0 Å². The summed E-state index contributed by atoms with van der Waals surface area (Å²) >= 11 is 0. The van der Waals surface area contributed by atoms with Crippen molar-refractivity contribution >= 4 is 15.8 Å². The predicted octanol–water partition coefficient (Wildman–Crippen LogP) is 1.29. The van der Waals surface area contributed by atoms with Gasteiger partial charge in [0.25, 0.3) is 0 Å². The van der Waals surface area contributed by atoms with E-state index in [0.717, 1.165) is 0 Å². The van der Waals surface area contributed by atoms with E-state index in [4.69, 9.17) is 5.26 Å². The zero-order valence-corrected chi connectivity index (χ0v) is 12.1. The third-order valence-electron chi connectivity index (χ3n) is 2.68. The molecule has 1 aromatic heterocycles. The summed E-state index contributed by atoms with van der Waals surface area (Å²) in [6, 6.07) is 5.15. The van der Waals surface area contributed by atoms with E-state index in [1.54, 1.807) is 27.0 Å². The molecule has 0 aliphatic rings. The van der Waals surface area contributed by atoms with Gasteiger partial charge in [0.2, 0.25) is 10.0 Å². The molecule has 1 atom stereocenters. The Balaban J connectivity index is 3.03. The minimum atomic E-state index is -3.59. The van der Waals surface area contributed by atoms with Gasteiger partial charge < -0.3 is 5.32 Å². The lowest BCUT2D eigenvalue weighted by molar-refractivity contribution is 0.399. The lowest BCUT2D eigenvalue weighted by Gasteiger charge is -2.21. The van der Waals surface area contributed by atoms with Crippen molar-refractivity contribution in [1.29, 1.82) is 5.26 Å². The largest absolute Gasteiger partial charge is 0.373 e. The van der Waals surface area contributed by atoms with Crippen molar-refractivity contribution in [2.75, 3.05) is 25.5 Å². The fourth-order valence-corrected chi connectivity index (χ4v) is 3.06. The second-order valence-corrected chi connectivity index (χ2v) is 6.05. The van der Waals surface area contributed by atoms with Crippen LogP contribution < -0.4 is 5.32 Å². The van der Waals surface area contributed by atoms with Crippen LogP contribution in [-0.4, -0.2) is 37.8 Å². The highest BCUT2D eigenvalue weighted by molar-refractivity contribution is 7.89. The summed E-state index contributed by atoms with van der Waals surface area (Å²) < 4.78 is 26.0. The first-order chi connectivity index (χ1) is 8.95. The van der Waals surface area contributed by atoms with Crippen LogP contribution in [0.4, 0.5) is 5.82 Å². The van der Waals surface area contributed by atoms with Crippen molar-refractivity contribution in [3.63, 3.8) is 0 Å². The smallest absolute Gasteiger partial charge is 0.244 e. The highest BCUT2D eigenvalue weighted by Gasteiger charge is 2.24. The lowest BCUT2D eigenvalue weighted by Crippen LogP contribution is -2.34. The van der Waals surface area contributed by atoms with E-state index in [0.29, 0.717) is 12.4 Å². The molecule has 0 saturated heterocycles. The molecule has 6 nitrogen and oxygen atoms in total. The highest BCUT2D eigenvalue weighted by Crippen LogP contribution is 2.17. The Morgan fingerprint density at radius 1 is 1.53 bits per heavy atom. The average Bonchev–Trinajstić information content (AvgIpc) is 2.44. The van der Waals surface area contributed by atoms with Crippen molar-refractivity contribution < 1.29 is 8.42 Å². The normalized spacial score (nSPS) is 13.0. The summed E-state index contributed by atoms with van der Waals surface area (Å²) in [4.78, 5) is 4.14. The zero-order valence-electron chi connectivity index (χ0n) is 11.3. The van der Waals surface area contributed by atoms with E-state index >= 15 is 0 Å². The summed E-state index contributed by atoms with van der Waals surface area (Å²) in [5.74, 6) is 0.256. The zero-order chi connectivity index (χ0) is 14.5. The SMILES string of the molecule is CCN(CC(C)C#N)S(=O)(=O)c1ccc(NC)nc1. The Bertz CT molecular complexity index is 548. The number of pyridine rings is 1. The van der Waals surface area contributed by atoms with Gasteiger partial charge in [-0.3, -0.25) is 0 Å². The van der Waals surface area contributed by atoms with Crippen molar-refractivity contribution in [2.24, 2.45) is 5.92 Å². The van der Waals surface area contributed by atoms with Gasteiger partial charge in [-0.2, -0.15) is 9.57 Å². The molecule has 1 unspecified atom stereocenters. The number of aromatic nitrogens is 1. The minimum Gasteiger partial charge on any atom is -0.373 e. The van der Waals surface area contributed by atoms with Crippen molar-refractivity contribution in [2.45, 2.75) is 18.7 Å². The first kappa shape index (κ1) is 15.4. The molecule has 0 aliphatic heterocycles. The molecule has 1 N–H and O–H groups in total. The van der Waals surface area contributed by atoms with E-state index in [-0.39, 0.29) is 17.4 Å². The summed E-state index contributed by atoms with van der Waals surface area (Å²) in [5.41, 5.74) is 0. The molecule has 0 bridgehead atoms. The molecular formula is C12H18N4O2S. The second kappa shape index (κ2) is 6.50. The molecule has 7 heteroatoms. The van der Waals surface area contributed by atoms with Crippen molar-refractivity contribution in [1.82, 2.24) is 9.29 Å². The minimum absolute atomic E-state index is 0.137. The molecule has 1 rings (SSSR count). The van der Waals surface area contributed by atoms with Crippen LogP contribution in [0.25, 0.3) is 0 Å². The maximum atomic E-state index is 12.4. The molecule has 0 amide bonds. The fourth-order valence-electron chi connectivity index (χ4n) is 1.57. The van der Waals surface area contributed by atoms with Crippen LogP contribution in [0.15, 0.2) is 23.2 Å². The quantitative estimate of drug-likeness (QED) is 0.849. The number of rotatable bonds is 6. The molecule has 0 spiro atoms. The Morgan fingerprint density at radius 2 is 2.21 bits per heavy atom. The number of anilines is 1. The number of sulfonamides is 1. The van der Waals surface area contributed by atoms with E-state index in [9.17, 15) is 8.42 Å². The summed E-state index contributed by atoms with van der Waals surface area (Å²) in [5, 5.41) is 11.6. The molecule has 0 aliphatic carbocycles. The molecule has 0 fully saturated rings. The number of hydrogen-bond acceptors (Lipinski definition) is 5. The lowest BCUT2D eigenvalue weighted by atomic mass is 10.2. The van der Waals surface area contributed by atoms with Gasteiger partial charge in [0, 0.05) is 26.3 Å². The first-order valence-corrected chi connectivity index (χ1v) is 7.43. The number of nitrogens with one attached hydrogen (secondary N) is 1. The van der Waals surface area contributed by atoms with Crippen LogP contribution in [0.3, 0.4) is 0 Å². The van der Waals surface area contributed by atoms with E-state index < -0.39 is 10.0 Å². The third kappa shape index (κ3) is 3.66. The molecular weight excluding hydrogens is 264 g/mol. The number of hydrogen-bond donors (Lipinski definition) is 1. The van der Waals surface area contributed by atoms with Gasteiger partial charge in [-0.25, -0.2) is 13.4 Å². The van der Waals surface area contributed by atoms with Crippen LogP contribution >= 0.6 is 0 Å². The van der Waals surface area contributed by atoms with Crippen LogP contribution in [0, 0.1) is 17.2 Å². The summed E-state index contributed by atoms with van der Waals surface area (Å²) in [7, 11) is -1.88. The summed E-state index contributed by atoms with van der Waals surface area (Å²) in [6.45, 7) is 3.95. The van der Waals surface area contributed by atoms with Gasteiger partial charge in [0.05, 0.1) is 12.0 Å². The summed E-state index contributed by atoms with van der Waals surface area (Å²) in [6.07, 6.45) is 1.32. The fraction of sp³-hybridized carbons (Fsp3) is 0.500. The molecule has 0 saturated carbocycles. The van der Waals surface area contributed by atoms with Gasteiger partial charge in [-0.1, -0.05) is 6.92 Å². The third-order valence-corrected chi connectivity index (χ3v) is 4.61.